The van der Waals surface area contributed by atoms with E-state index in [4.69, 9.17) is 0 Å². The van der Waals surface area contributed by atoms with Crippen LogP contribution in [0.3, 0.4) is 0 Å². The van der Waals surface area contributed by atoms with Crippen molar-refractivity contribution in [3.8, 4) is 0 Å². The third kappa shape index (κ3) is 1.01. The second-order valence-corrected chi connectivity index (χ2v) is 4.16. The lowest BCUT2D eigenvalue weighted by Gasteiger charge is -2.34. The van der Waals surface area contributed by atoms with E-state index in [1.165, 1.54) is 6.42 Å². The van der Waals surface area contributed by atoms with Gasteiger partial charge in [-0.1, -0.05) is 6.92 Å². The van der Waals surface area contributed by atoms with E-state index in [1.54, 1.807) is 0 Å². The fourth-order valence-corrected chi connectivity index (χ4v) is 2.72. The van der Waals surface area contributed by atoms with Gasteiger partial charge in [-0.2, -0.15) is 0 Å². The van der Waals surface area contributed by atoms with Crippen LogP contribution in [0.25, 0.3) is 0 Å². The maximum atomic E-state index is 11.8. The Morgan fingerprint density at radius 3 is 2.92 bits per heavy atom. The quantitative estimate of drug-likeness (QED) is 0.589. The molecule has 2 nitrogen and oxygen atoms in total. The molecule has 2 heteroatoms. The Morgan fingerprint density at radius 2 is 2.25 bits per heavy atom. The minimum atomic E-state index is 0.272. The number of rotatable bonds is 1. The topological polar surface area (TPSA) is 20.3 Å². The number of likely N-dealkylation sites (N-methyl/N-ethyl adjacent to an activating group) is 1. The normalized spacial score (nSPS) is 42.2. The monoisotopic (exact) mass is 167 g/mol. The Labute approximate surface area is 73.9 Å². The van der Waals surface area contributed by atoms with E-state index in [-0.39, 0.29) is 6.04 Å². The second-order valence-electron chi connectivity index (χ2n) is 4.16. The molecule has 3 atom stereocenters. The molecular formula is C10H17NO. The molecule has 1 unspecified atom stereocenters. The van der Waals surface area contributed by atoms with Gasteiger partial charge in [-0.25, -0.2) is 0 Å². The maximum absolute atomic E-state index is 11.8. The van der Waals surface area contributed by atoms with Crippen molar-refractivity contribution in [2.45, 2.75) is 44.7 Å². The van der Waals surface area contributed by atoms with Crippen molar-refractivity contribution in [1.29, 1.82) is 0 Å². The molecule has 0 saturated carbocycles. The van der Waals surface area contributed by atoms with E-state index < -0.39 is 0 Å². The van der Waals surface area contributed by atoms with Crippen molar-refractivity contribution in [1.82, 2.24) is 4.90 Å². The van der Waals surface area contributed by atoms with Gasteiger partial charge >= 0.3 is 0 Å². The Kier molecular flexibility index (Phi) is 1.95. The Bertz CT molecular complexity index is 202. The van der Waals surface area contributed by atoms with Gasteiger partial charge in [-0.15, -0.1) is 0 Å². The van der Waals surface area contributed by atoms with Crippen LogP contribution in [0.2, 0.25) is 0 Å². The van der Waals surface area contributed by atoms with Crippen LogP contribution in [0.4, 0.5) is 0 Å². The van der Waals surface area contributed by atoms with Gasteiger partial charge in [0.25, 0.3) is 0 Å². The number of fused-ring (bicyclic) bond motifs is 2. The van der Waals surface area contributed by atoms with E-state index in [2.05, 4.69) is 18.9 Å². The first-order chi connectivity index (χ1) is 5.74. The van der Waals surface area contributed by atoms with E-state index in [0.717, 1.165) is 19.3 Å². The SMILES string of the molecule is CCC1C[C@H]2CC[C@@H](C1=O)N2C. The summed E-state index contributed by atoms with van der Waals surface area (Å²) in [5.41, 5.74) is 0. The van der Waals surface area contributed by atoms with Crippen LogP contribution in [-0.4, -0.2) is 29.8 Å². The highest BCUT2D eigenvalue weighted by atomic mass is 16.1. The first kappa shape index (κ1) is 8.24. The van der Waals surface area contributed by atoms with Crippen LogP contribution in [0.5, 0.6) is 0 Å². The Balaban J connectivity index is 2.17. The third-order valence-electron chi connectivity index (χ3n) is 3.62. The average Bonchev–Trinajstić information content (AvgIpc) is 2.31. The number of carbonyl (C=O) groups excluding carboxylic acids is 1. The first-order valence-corrected chi connectivity index (χ1v) is 4.99. The lowest BCUT2D eigenvalue weighted by Crippen LogP contribution is -2.46. The van der Waals surface area contributed by atoms with Crippen LogP contribution in [0.15, 0.2) is 0 Å². The number of ketones is 1. The highest BCUT2D eigenvalue weighted by molar-refractivity contribution is 5.87. The molecule has 0 amide bonds. The van der Waals surface area contributed by atoms with Gasteiger partial charge in [0.05, 0.1) is 6.04 Å². The lowest BCUT2D eigenvalue weighted by atomic mass is 9.88. The molecule has 0 aromatic carbocycles. The predicted molar refractivity (Wildman–Crippen MR) is 48.0 cm³/mol. The Hall–Kier alpha value is -0.370. The van der Waals surface area contributed by atoms with Crippen LogP contribution in [0.1, 0.15) is 32.6 Å². The summed E-state index contributed by atoms with van der Waals surface area (Å²) in [7, 11) is 2.10. The summed E-state index contributed by atoms with van der Waals surface area (Å²) in [6.07, 6.45) is 4.50. The van der Waals surface area contributed by atoms with Crippen molar-refractivity contribution in [2.24, 2.45) is 5.92 Å². The summed E-state index contributed by atoms with van der Waals surface area (Å²) >= 11 is 0. The second kappa shape index (κ2) is 2.84. The number of nitrogens with zero attached hydrogens (tertiary/aromatic N) is 1. The van der Waals surface area contributed by atoms with E-state index in [1.807, 2.05) is 0 Å². The molecule has 0 radical (unpaired) electrons. The molecule has 0 aromatic heterocycles. The molecule has 2 heterocycles. The summed E-state index contributed by atoms with van der Waals surface area (Å²) in [6, 6.07) is 0.978. The minimum absolute atomic E-state index is 0.272. The zero-order chi connectivity index (χ0) is 8.72. The van der Waals surface area contributed by atoms with Gasteiger partial charge in [0.1, 0.15) is 0 Å². The average molecular weight is 167 g/mol. The summed E-state index contributed by atoms with van der Waals surface area (Å²) in [6.45, 7) is 2.13. The Morgan fingerprint density at radius 1 is 1.50 bits per heavy atom. The van der Waals surface area contributed by atoms with Crippen molar-refractivity contribution in [3.63, 3.8) is 0 Å². The van der Waals surface area contributed by atoms with Gasteiger partial charge < -0.3 is 0 Å². The maximum Gasteiger partial charge on any atom is 0.153 e. The third-order valence-corrected chi connectivity index (χ3v) is 3.62. The number of carbonyl (C=O) groups is 1. The van der Waals surface area contributed by atoms with Gasteiger partial charge in [0, 0.05) is 12.0 Å². The smallest absolute Gasteiger partial charge is 0.153 e. The molecule has 0 spiro atoms. The van der Waals surface area contributed by atoms with Gasteiger partial charge in [0.2, 0.25) is 0 Å². The molecule has 2 aliphatic rings. The standard InChI is InChI=1S/C10H17NO/c1-3-7-6-8-4-5-9(10(7)12)11(8)2/h7-9H,3-6H2,1-2H3/t7?,8-,9+/m1/s1. The van der Waals surface area contributed by atoms with E-state index in [9.17, 15) is 4.79 Å². The van der Waals surface area contributed by atoms with Crippen LogP contribution in [0, 0.1) is 5.92 Å². The van der Waals surface area contributed by atoms with Gasteiger partial charge in [-0.3, -0.25) is 9.69 Å². The molecule has 0 aromatic rings. The molecule has 0 aliphatic carbocycles. The molecular weight excluding hydrogens is 150 g/mol. The molecule has 2 fully saturated rings. The molecule has 2 rings (SSSR count). The number of piperidine rings is 1. The van der Waals surface area contributed by atoms with E-state index >= 15 is 0 Å². The molecule has 0 N–H and O–H groups in total. The summed E-state index contributed by atoms with van der Waals surface area (Å²) < 4.78 is 0. The van der Waals surface area contributed by atoms with Gasteiger partial charge in [0.15, 0.2) is 5.78 Å². The van der Waals surface area contributed by atoms with Crippen LogP contribution in [-0.2, 0) is 4.79 Å². The molecule has 12 heavy (non-hydrogen) atoms. The highest BCUT2D eigenvalue weighted by Gasteiger charge is 2.43. The summed E-state index contributed by atoms with van der Waals surface area (Å²) in [5, 5.41) is 0. The lowest BCUT2D eigenvalue weighted by molar-refractivity contribution is -0.130. The van der Waals surface area contributed by atoms with E-state index in [0.29, 0.717) is 17.7 Å². The molecule has 2 bridgehead atoms. The fraction of sp³-hybridized carbons (Fsp3) is 0.900. The molecule has 2 saturated heterocycles. The van der Waals surface area contributed by atoms with Gasteiger partial charge in [-0.05, 0) is 32.7 Å². The number of hydrogen-bond acceptors (Lipinski definition) is 2. The fourth-order valence-electron chi connectivity index (χ4n) is 2.72. The largest absolute Gasteiger partial charge is 0.298 e. The van der Waals surface area contributed by atoms with Crippen molar-refractivity contribution >= 4 is 5.78 Å². The van der Waals surface area contributed by atoms with Crippen LogP contribution < -0.4 is 0 Å². The zero-order valence-electron chi connectivity index (χ0n) is 7.92. The van der Waals surface area contributed by atoms with Crippen molar-refractivity contribution < 1.29 is 4.79 Å². The zero-order valence-corrected chi connectivity index (χ0v) is 7.92. The highest BCUT2D eigenvalue weighted by Crippen LogP contribution is 2.36. The first-order valence-electron chi connectivity index (χ1n) is 4.99. The number of hydrogen-bond donors (Lipinski definition) is 0. The molecule has 68 valence electrons. The minimum Gasteiger partial charge on any atom is -0.298 e. The predicted octanol–water partition coefficient (Wildman–Crippen LogP) is 1.45. The summed E-state index contributed by atoms with van der Waals surface area (Å²) in [4.78, 5) is 14.1. The van der Waals surface area contributed by atoms with Crippen molar-refractivity contribution in [2.75, 3.05) is 7.05 Å². The van der Waals surface area contributed by atoms with Crippen molar-refractivity contribution in [3.05, 3.63) is 0 Å². The summed E-state index contributed by atoms with van der Waals surface area (Å²) in [5.74, 6) is 0.882. The molecule has 2 aliphatic heterocycles. The van der Waals surface area contributed by atoms with Crippen LogP contribution >= 0.6 is 0 Å². The number of Topliss-reactive ketones (excluding diaryl/α,β-unsaturated/α-hetero) is 1.